The number of pyridine rings is 2. The number of rotatable bonds is 3. The van der Waals surface area contributed by atoms with Crippen LogP contribution in [0.5, 0.6) is 0 Å². The highest BCUT2D eigenvalue weighted by molar-refractivity contribution is 5.73. The van der Waals surface area contributed by atoms with Crippen molar-refractivity contribution in [2.75, 3.05) is 0 Å². The van der Waals surface area contributed by atoms with Crippen molar-refractivity contribution < 1.29 is 0 Å². The minimum absolute atomic E-state index is 0.898. The predicted octanol–water partition coefficient (Wildman–Crippen LogP) is 2.15. The number of fused-ring (bicyclic) bond motifs is 1. The van der Waals surface area contributed by atoms with E-state index in [9.17, 15) is 0 Å². The average Bonchev–Trinajstić information content (AvgIpc) is 2.82. The van der Waals surface area contributed by atoms with Crippen LogP contribution in [0.25, 0.3) is 11.0 Å². The maximum atomic E-state index is 4.60. The predicted molar refractivity (Wildman–Crippen MR) is 70.2 cm³/mol. The number of hydrogen-bond donors (Lipinski definition) is 0. The summed E-state index contributed by atoms with van der Waals surface area (Å²) in [5.74, 6) is 1.09. The molecule has 0 aliphatic heterocycles. The second-order valence-corrected chi connectivity index (χ2v) is 4.30. The normalized spacial score (nSPS) is 10.9. The molecule has 4 nitrogen and oxygen atoms in total. The second kappa shape index (κ2) is 4.56. The fourth-order valence-electron chi connectivity index (χ4n) is 2.02. The summed E-state index contributed by atoms with van der Waals surface area (Å²) in [5.41, 5.74) is 2.98. The van der Waals surface area contributed by atoms with Crippen molar-refractivity contribution in [2.45, 2.75) is 12.8 Å². The topological polar surface area (TPSA) is 43.6 Å². The molecule has 4 heteroatoms. The molecule has 0 atom stereocenters. The number of aromatic nitrogens is 4. The van der Waals surface area contributed by atoms with Gasteiger partial charge in [0.1, 0.15) is 5.82 Å². The Morgan fingerprint density at radius 2 is 1.94 bits per heavy atom. The van der Waals surface area contributed by atoms with Crippen molar-refractivity contribution in [1.82, 2.24) is 19.5 Å². The van der Waals surface area contributed by atoms with Gasteiger partial charge in [-0.15, -0.1) is 0 Å². The van der Waals surface area contributed by atoms with Gasteiger partial charge in [0, 0.05) is 37.8 Å². The Morgan fingerprint density at radius 1 is 1.00 bits per heavy atom. The third kappa shape index (κ3) is 2.09. The van der Waals surface area contributed by atoms with E-state index in [1.54, 1.807) is 6.20 Å². The lowest BCUT2D eigenvalue weighted by atomic mass is 10.2. The maximum absolute atomic E-state index is 4.60. The Labute approximate surface area is 105 Å². The van der Waals surface area contributed by atoms with Gasteiger partial charge in [-0.3, -0.25) is 9.97 Å². The molecular weight excluding hydrogens is 224 g/mol. The van der Waals surface area contributed by atoms with E-state index in [4.69, 9.17) is 0 Å². The third-order valence-electron chi connectivity index (χ3n) is 3.04. The summed E-state index contributed by atoms with van der Waals surface area (Å²) in [6.45, 7) is 0. The fourth-order valence-corrected chi connectivity index (χ4v) is 2.02. The van der Waals surface area contributed by atoms with Crippen LogP contribution in [0.2, 0.25) is 0 Å². The van der Waals surface area contributed by atoms with E-state index < -0.39 is 0 Å². The molecule has 0 aliphatic carbocycles. The summed E-state index contributed by atoms with van der Waals surface area (Å²) in [5, 5.41) is 0. The van der Waals surface area contributed by atoms with Gasteiger partial charge in [-0.1, -0.05) is 0 Å². The summed E-state index contributed by atoms with van der Waals surface area (Å²) in [6.07, 6.45) is 7.38. The molecule has 3 aromatic heterocycles. The Bertz CT molecular complexity index is 672. The standard InChI is InChI=1S/C14H14N4/c1-18-10-9-16-14(18)7-5-11-4-6-12-13(17-11)3-2-8-15-12/h2-4,6,8-10H,5,7H2,1H3. The zero-order chi connectivity index (χ0) is 12.4. The van der Waals surface area contributed by atoms with E-state index in [2.05, 4.69) is 15.0 Å². The molecule has 18 heavy (non-hydrogen) atoms. The van der Waals surface area contributed by atoms with Gasteiger partial charge in [-0.25, -0.2) is 4.98 Å². The first-order valence-electron chi connectivity index (χ1n) is 6.00. The van der Waals surface area contributed by atoms with Gasteiger partial charge in [0.2, 0.25) is 0 Å². The third-order valence-corrected chi connectivity index (χ3v) is 3.04. The quantitative estimate of drug-likeness (QED) is 0.702. The second-order valence-electron chi connectivity index (χ2n) is 4.30. The van der Waals surface area contributed by atoms with Gasteiger partial charge in [0.15, 0.2) is 0 Å². The number of hydrogen-bond acceptors (Lipinski definition) is 3. The first-order chi connectivity index (χ1) is 8.83. The van der Waals surface area contributed by atoms with Gasteiger partial charge >= 0.3 is 0 Å². The van der Waals surface area contributed by atoms with Crippen LogP contribution in [0.15, 0.2) is 42.9 Å². The lowest BCUT2D eigenvalue weighted by molar-refractivity contribution is 0.763. The first kappa shape index (κ1) is 10.9. The summed E-state index contributed by atoms with van der Waals surface area (Å²) in [7, 11) is 2.01. The van der Waals surface area contributed by atoms with E-state index in [1.165, 1.54) is 0 Å². The van der Waals surface area contributed by atoms with Crippen LogP contribution in [0, 0.1) is 0 Å². The lowest BCUT2D eigenvalue weighted by Gasteiger charge is -2.03. The minimum atomic E-state index is 0.898. The van der Waals surface area contributed by atoms with Gasteiger partial charge < -0.3 is 4.57 Å². The summed E-state index contributed by atoms with van der Waals surface area (Å²) in [4.78, 5) is 13.2. The smallest absolute Gasteiger partial charge is 0.108 e. The average molecular weight is 238 g/mol. The molecule has 3 heterocycles. The molecule has 0 saturated carbocycles. The van der Waals surface area contributed by atoms with Gasteiger partial charge in [0.25, 0.3) is 0 Å². The summed E-state index contributed by atoms with van der Waals surface area (Å²) in [6, 6.07) is 7.97. The zero-order valence-electron chi connectivity index (χ0n) is 10.2. The van der Waals surface area contributed by atoms with Gasteiger partial charge in [0.05, 0.1) is 11.0 Å². The van der Waals surface area contributed by atoms with Crippen molar-refractivity contribution in [2.24, 2.45) is 7.05 Å². The highest BCUT2D eigenvalue weighted by atomic mass is 15.0. The molecule has 0 amide bonds. The van der Waals surface area contributed by atoms with E-state index in [1.807, 2.05) is 48.3 Å². The van der Waals surface area contributed by atoms with Crippen LogP contribution in [-0.4, -0.2) is 19.5 Å². The molecule has 0 radical (unpaired) electrons. The molecule has 0 unspecified atom stereocenters. The molecule has 0 bridgehead atoms. The first-order valence-corrected chi connectivity index (χ1v) is 6.00. The number of imidazole rings is 1. The van der Waals surface area contributed by atoms with Crippen LogP contribution >= 0.6 is 0 Å². The van der Waals surface area contributed by atoms with Gasteiger partial charge in [-0.05, 0) is 30.7 Å². The van der Waals surface area contributed by atoms with Crippen LogP contribution in [0.3, 0.4) is 0 Å². The highest BCUT2D eigenvalue weighted by Crippen LogP contribution is 2.10. The van der Waals surface area contributed by atoms with Crippen molar-refractivity contribution in [3.8, 4) is 0 Å². The largest absolute Gasteiger partial charge is 0.338 e. The molecule has 0 aliphatic rings. The van der Waals surface area contributed by atoms with E-state index in [0.717, 1.165) is 35.4 Å². The Morgan fingerprint density at radius 3 is 2.78 bits per heavy atom. The lowest BCUT2D eigenvalue weighted by Crippen LogP contribution is -2.01. The molecule has 3 rings (SSSR count). The molecule has 3 aromatic rings. The molecule has 0 aromatic carbocycles. The molecule has 0 fully saturated rings. The Balaban J connectivity index is 1.81. The van der Waals surface area contributed by atoms with Crippen molar-refractivity contribution in [3.63, 3.8) is 0 Å². The van der Waals surface area contributed by atoms with Crippen molar-refractivity contribution >= 4 is 11.0 Å². The Kier molecular flexibility index (Phi) is 2.76. The summed E-state index contributed by atoms with van der Waals surface area (Å²) >= 11 is 0. The van der Waals surface area contributed by atoms with Crippen molar-refractivity contribution in [3.05, 3.63) is 54.4 Å². The van der Waals surface area contributed by atoms with E-state index in [-0.39, 0.29) is 0 Å². The monoisotopic (exact) mass is 238 g/mol. The van der Waals surface area contributed by atoms with Crippen LogP contribution in [-0.2, 0) is 19.9 Å². The molecule has 0 N–H and O–H groups in total. The maximum Gasteiger partial charge on any atom is 0.108 e. The van der Waals surface area contributed by atoms with E-state index >= 15 is 0 Å². The summed E-state index contributed by atoms with van der Waals surface area (Å²) < 4.78 is 2.04. The fraction of sp³-hybridized carbons (Fsp3) is 0.214. The molecule has 0 spiro atoms. The number of aryl methyl sites for hydroxylation is 3. The molecule has 0 saturated heterocycles. The minimum Gasteiger partial charge on any atom is -0.338 e. The number of nitrogens with zero attached hydrogens (tertiary/aromatic N) is 4. The molecular formula is C14H14N4. The van der Waals surface area contributed by atoms with Crippen LogP contribution in [0.4, 0.5) is 0 Å². The van der Waals surface area contributed by atoms with E-state index in [0.29, 0.717) is 0 Å². The van der Waals surface area contributed by atoms with Crippen molar-refractivity contribution in [1.29, 1.82) is 0 Å². The highest BCUT2D eigenvalue weighted by Gasteiger charge is 2.02. The SMILES string of the molecule is Cn1ccnc1CCc1ccc2ncccc2n1. The van der Waals surface area contributed by atoms with Crippen LogP contribution < -0.4 is 0 Å². The molecule has 90 valence electrons. The van der Waals surface area contributed by atoms with Gasteiger partial charge in [-0.2, -0.15) is 0 Å². The zero-order valence-corrected chi connectivity index (χ0v) is 10.2. The Hall–Kier alpha value is -2.23. The van der Waals surface area contributed by atoms with Crippen LogP contribution in [0.1, 0.15) is 11.5 Å².